The van der Waals surface area contributed by atoms with Crippen molar-refractivity contribution in [2.24, 2.45) is 5.92 Å². The Bertz CT molecular complexity index is 499. The van der Waals surface area contributed by atoms with Crippen molar-refractivity contribution in [1.29, 1.82) is 0 Å². The number of esters is 1. The first-order chi connectivity index (χ1) is 10.5. The highest BCUT2D eigenvalue weighted by Crippen LogP contribution is 2.12. The summed E-state index contributed by atoms with van der Waals surface area (Å²) in [5, 5.41) is 0. The summed E-state index contributed by atoms with van der Waals surface area (Å²) in [6, 6.07) is 7.56. The molecule has 22 heavy (non-hydrogen) atoms. The molecule has 1 atom stereocenters. The maximum absolute atomic E-state index is 12.7. The minimum atomic E-state index is -0.319. The van der Waals surface area contributed by atoms with Gasteiger partial charge in [0.25, 0.3) is 5.91 Å². The van der Waals surface area contributed by atoms with Gasteiger partial charge in [-0.15, -0.1) is 0 Å². The summed E-state index contributed by atoms with van der Waals surface area (Å²) in [6.45, 7) is 6.95. The highest BCUT2D eigenvalue weighted by atomic mass is 16.5. The Morgan fingerprint density at radius 2 is 2.00 bits per heavy atom. The van der Waals surface area contributed by atoms with E-state index in [0.717, 1.165) is 24.8 Å². The first-order valence-electron chi connectivity index (χ1n) is 7.93. The fourth-order valence-electron chi connectivity index (χ4n) is 2.40. The molecule has 4 heteroatoms. The van der Waals surface area contributed by atoms with E-state index < -0.39 is 0 Å². The van der Waals surface area contributed by atoms with Gasteiger partial charge in [0.05, 0.1) is 13.0 Å². The minimum Gasteiger partial charge on any atom is -0.469 e. The molecule has 0 bridgehead atoms. The molecular weight excluding hydrogens is 278 g/mol. The van der Waals surface area contributed by atoms with E-state index in [1.54, 1.807) is 11.8 Å². The van der Waals surface area contributed by atoms with E-state index in [2.05, 4.69) is 6.92 Å². The van der Waals surface area contributed by atoms with Gasteiger partial charge in [-0.05, 0) is 25.5 Å². The topological polar surface area (TPSA) is 46.6 Å². The summed E-state index contributed by atoms with van der Waals surface area (Å²) in [7, 11) is 1.38. The van der Waals surface area contributed by atoms with Gasteiger partial charge in [-0.1, -0.05) is 44.4 Å². The van der Waals surface area contributed by atoms with Gasteiger partial charge < -0.3 is 9.64 Å². The van der Waals surface area contributed by atoms with Crippen molar-refractivity contribution in [2.75, 3.05) is 20.2 Å². The molecule has 1 aromatic rings. The van der Waals surface area contributed by atoms with Crippen molar-refractivity contribution >= 4 is 11.9 Å². The van der Waals surface area contributed by atoms with Gasteiger partial charge in [0, 0.05) is 18.7 Å². The number of unbranched alkanes of at least 4 members (excludes halogenated alkanes) is 2. The first-order valence-corrected chi connectivity index (χ1v) is 7.93. The van der Waals surface area contributed by atoms with Crippen LogP contribution in [0.15, 0.2) is 24.3 Å². The molecule has 0 spiro atoms. The molecule has 1 unspecified atom stereocenters. The van der Waals surface area contributed by atoms with E-state index in [1.807, 2.05) is 31.2 Å². The van der Waals surface area contributed by atoms with Gasteiger partial charge in [0.15, 0.2) is 0 Å². The van der Waals surface area contributed by atoms with E-state index in [0.29, 0.717) is 18.7 Å². The second-order valence-corrected chi connectivity index (χ2v) is 5.75. The molecule has 122 valence electrons. The molecule has 0 aromatic heterocycles. The molecular formula is C18H27NO3. The molecule has 1 amide bonds. The highest BCUT2D eigenvalue weighted by molar-refractivity contribution is 5.94. The summed E-state index contributed by atoms with van der Waals surface area (Å²) in [6.07, 6.45) is 3.12. The lowest BCUT2D eigenvalue weighted by Crippen LogP contribution is -2.38. The number of nitrogens with zero attached hydrogens (tertiary/aromatic N) is 1. The standard InChI is InChI=1S/C18H27NO3/c1-5-6-7-11-19(13-15(3)18(21)22-4)17(20)16-10-8-9-14(2)12-16/h8-10,12,15H,5-7,11,13H2,1-4H3. The normalized spacial score (nSPS) is 11.8. The molecule has 1 aromatic carbocycles. The van der Waals surface area contributed by atoms with Crippen LogP contribution in [0.4, 0.5) is 0 Å². The third-order valence-corrected chi connectivity index (χ3v) is 3.68. The number of aryl methyl sites for hydroxylation is 1. The van der Waals surface area contributed by atoms with Crippen LogP contribution >= 0.6 is 0 Å². The third kappa shape index (κ3) is 5.51. The average molecular weight is 305 g/mol. The van der Waals surface area contributed by atoms with Crippen molar-refractivity contribution in [2.45, 2.75) is 40.0 Å². The van der Waals surface area contributed by atoms with Gasteiger partial charge in [0.1, 0.15) is 0 Å². The number of hydrogen-bond donors (Lipinski definition) is 0. The molecule has 0 saturated carbocycles. The summed E-state index contributed by atoms with van der Waals surface area (Å²) >= 11 is 0. The lowest BCUT2D eigenvalue weighted by molar-refractivity contribution is -0.145. The van der Waals surface area contributed by atoms with Crippen molar-refractivity contribution in [3.8, 4) is 0 Å². The zero-order valence-corrected chi connectivity index (χ0v) is 14.1. The smallest absolute Gasteiger partial charge is 0.310 e. The highest BCUT2D eigenvalue weighted by Gasteiger charge is 2.22. The summed E-state index contributed by atoms with van der Waals surface area (Å²) < 4.78 is 4.77. The number of carbonyl (C=O) groups excluding carboxylic acids is 2. The van der Waals surface area contributed by atoms with Gasteiger partial charge in [0.2, 0.25) is 0 Å². The monoisotopic (exact) mass is 305 g/mol. The van der Waals surface area contributed by atoms with E-state index in [-0.39, 0.29) is 17.8 Å². The summed E-state index contributed by atoms with van der Waals surface area (Å²) in [4.78, 5) is 26.1. The minimum absolute atomic E-state index is 0.0180. The molecule has 1 rings (SSSR count). The molecule has 0 fully saturated rings. The van der Waals surface area contributed by atoms with Gasteiger partial charge in [-0.25, -0.2) is 0 Å². The lowest BCUT2D eigenvalue weighted by atomic mass is 10.1. The van der Waals surface area contributed by atoms with Crippen LogP contribution in [0.25, 0.3) is 0 Å². The first kappa shape index (κ1) is 18.2. The molecule has 0 heterocycles. The van der Waals surface area contributed by atoms with Crippen LogP contribution in [-0.2, 0) is 9.53 Å². The van der Waals surface area contributed by atoms with E-state index >= 15 is 0 Å². The Morgan fingerprint density at radius 1 is 1.27 bits per heavy atom. The number of benzene rings is 1. The molecule has 0 aliphatic rings. The van der Waals surface area contributed by atoms with Crippen LogP contribution in [0.5, 0.6) is 0 Å². The van der Waals surface area contributed by atoms with Crippen LogP contribution in [0.1, 0.15) is 49.0 Å². The Labute approximate surface area is 133 Å². The fourth-order valence-corrected chi connectivity index (χ4v) is 2.40. The molecule has 0 saturated heterocycles. The molecule has 4 nitrogen and oxygen atoms in total. The number of carbonyl (C=O) groups is 2. The molecule has 0 aliphatic carbocycles. The van der Waals surface area contributed by atoms with E-state index in [9.17, 15) is 9.59 Å². The Balaban J connectivity index is 2.83. The van der Waals surface area contributed by atoms with Crippen molar-refractivity contribution < 1.29 is 14.3 Å². The number of ether oxygens (including phenoxy) is 1. The van der Waals surface area contributed by atoms with Crippen molar-refractivity contribution in [3.63, 3.8) is 0 Å². The second-order valence-electron chi connectivity index (χ2n) is 5.75. The number of methoxy groups -OCH3 is 1. The second kappa shape index (κ2) is 9.23. The number of hydrogen-bond acceptors (Lipinski definition) is 3. The number of amides is 1. The Kier molecular flexibility index (Phi) is 7.64. The van der Waals surface area contributed by atoms with Crippen molar-refractivity contribution in [1.82, 2.24) is 4.90 Å². The third-order valence-electron chi connectivity index (χ3n) is 3.68. The molecule has 0 radical (unpaired) electrons. The Hall–Kier alpha value is -1.84. The van der Waals surface area contributed by atoms with E-state index in [4.69, 9.17) is 4.74 Å². The molecule has 0 N–H and O–H groups in total. The van der Waals surface area contributed by atoms with Crippen molar-refractivity contribution in [3.05, 3.63) is 35.4 Å². The van der Waals surface area contributed by atoms with Crippen LogP contribution in [-0.4, -0.2) is 37.0 Å². The SMILES string of the molecule is CCCCCN(CC(C)C(=O)OC)C(=O)c1cccc(C)c1. The quantitative estimate of drug-likeness (QED) is 0.546. The van der Waals surface area contributed by atoms with E-state index in [1.165, 1.54) is 7.11 Å². The molecule has 0 aliphatic heterocycles. The summed E-state index contributed by atoms with van der Waals surface area (Å²) in [5.74, 6) is -0.617. The fraction of sp³-hybridized carbons (Fsp3) is 0.556. The predicted octanol–water partition coefficient (Wildman–Crippen LogP) is 3.44. The number of rotatable bonds is 8. The van der Waals surface area contributed by atoms with Crippen LogP contribution in [0.3, 0.4) is 0 Å². The summed E-state index contributed by atoms with van der Waals surface area (Å²) in [5.41, 5.74) is 1.73. The van der Waals surface area contributed by atoms with Gasteiger partial charge in [-0.3, -0.25) is 9.59 Å². The van der Waals surface area contributed by atoms with Crippen LogP contribution < -0.4 is 0 Å². The zero-order chi connectivity index (χ0) is 16.5. The van der Waals surface area contributed by atoms with Crippen LogP contribution in [0, 0.1) is 12.8 Å². The van der Waals surface area contributed by atoms with Gasteiger partial charge >= 0.3 is 5.97 Å². The average Bonchev–Trinajstić information content (AvgIpc) is 2.52. The zero-order valence-electron chi connectivity index (χ0n) is 14.1. The maximum atomic E-state index is 12.7. The lowest BCUT2D eigenvalue weighted by Gasteiger charge is -2.25. The Morgan fingerprint density at radius 3 is 2.59 bits per heavy atom. The largest absolute Gasteiger partial charge is 0.469 e. The maximum Gasteiger partial charge on any atom is 0.310 e. The predicted molar refractivity (Wildman–Crippen MR) is 87.8 cm³/mol. The van der Waals surface area contributed by atoms with Crippen LogP contribution in [0.2, 0.25) is 0 Å². The van der Waals surface area contributed by atoms with Gasteiger partial charge in [-0.2, -0.15) is 0 Å².